The largest absolute Gasteiger partial charge is 0.455 e. The van der Waals surface area contributed by atoms with Crippen molar-refractivity contribution in [1.29, 1.82) is 0 Å². The number of nitrogens with one attached hydrogen (secondary N) is 1. The lowest BCUT2D eigenvalue weighted by atomic mass is 9.98. The van der Waals surface area contributed by atoms with Gasteiger partial charge in [-0.25, -0.2) is 0 Å². The van der Waals surface area contributed by atoms with Crippen molar-refractivity contribution >= 4 is 17.7 Å². The molecule has 0 radical (unpaired) electrons. The van der Waals surface area contributed by atoms with Crippen LogP contribution in [-0.4, -0.2) is 34.7 Å². The summed E-state index contributed by atoms with van der Waals surface area (Å²) in [5.41, 5.74) is 4.29. The van der Waals surface area contributed by atoms with Gasteiger partial charge in [0.15, 0.2) is 5.76 Å². The van der Waals surface area contributed by atoms with Crippen LogP contribution in [0.1, 0.15) is 30.2 Å². The van der Waals surface area contributed by atoms with E-state index in [0.717, 1.165) is 0 Å². The van der Waals surface area contributed by atoms with Crippen LogP contribution < -0.4 is 11.1 Å². The van der Waals surface area contributed by atoms with Crippen LogP contribution in [0, 0.1) is 0 Å². The molecule has 0 bridgehead atoms. The Morgan fingerprint density at radius 3 is 2.74 bits per heavy atom. The molecule has 0 unspecified atom stereocenters. The lowest BCUT2D eigenvalue weighted by Crippen LogP contribution is -2.65. The van der Waals surface area contributed by atoms with Crippen LogP contribution in [0.5, 0.6) is 0 Å². The van der Waals surface area contributed by atoms with E-state index in [0.29, 0.717) is 5.76 Å². The van der Waals surface area contributed by atoms with E-state index >= 15 is 0 Å². The minimum absolute atomic E-state index is 0.0658. The fourth-order valence-electron chi connectivity index (χ4n) is 1.84. The zero-order valence-electron chi connectivity index (χ0n) is 10.7. The molecular formula is C12H15N3O4. The predicted molar refractivity (Wildman–Crippen MR) is 64.9 cm³/mol. The number of rotatable bonds is 2. The quantitative estimate of drug-likeness (QED) is 0.709. The molecule has 3 amide bonds. The van der Waals surface area contributed by atoms with Crippen LogP contribution in [0.3, 0.4) is 0 Å². The Kier molecular flexibility index (Phi) is 3.15. The minimum Gasteiger partial charge on any atom is -0.455 e. The molecule has 19 heavy (non-hydrogen) atoms. The zero-order chi connectivity index (χ0) is 14.2. The molecular weight excluding hydrogens is 250 g/mol. The van der Waals surface area contributed by atoms with Crippen LogP contribution in [-0.2, 0) is 16.1 Å². The van der Waals surface area contributed by atoms with Gasteiger partial charge in [-0.1, -0.05) is 0 Å². The Bertz CT molecular complexity index is 547. The third kappa shape index (κ3) is 2.24. The van der Waals surface area contributed by atoms with Gasteiger partial charge in [0.05, 0.1) is 6.54 Å². The smallest absolute Gasteiger partial charge is 0.290 e. The summed E-state index contributed by atoms with van der Waals surface area (Å²) in [5.74, 6) is -0.996. The van der Waals surface area contributed by atoms with Crippen molar-refractivity contribution in [1.82, 2.24) is 10.2 Å². The minimum atomic E-state index is -1.11. The zero-order valence-corrected chi connectivity index (χ0v) is 10.7. The van der Waals surface area contributed by atoms with Gasteiger partial charge in [-0.05, 0) is 26.0 Å². The van der Waals surface area contributed by atoms with Crippen LogP contribution in [0.25, 0.3) is 0 Å². The maximum Gasteiger partial charge on any atom is 0.290 e. The Morgan fingerprint density at radius 1 is 1.47 bits per heavy atom. The predicted octanol–water partition coefficient (Wildman–Crippen LogP) is -0.385. The van der Waals surface area contributed by atoms with Crippen molar-refractivity contribution in [3.05, 3.63) is 23.7 Å². The molecule has 0 atom stereocenters. The van der Waals surface area contributed by atoms with Crippen LogP contribution in [0.15, 0.2) is 16.5 Å². The van der Waals surface area contributed by atoms with Gasteiger partial charge < -0.3 is 15.1 Å². The van der Waals surface area contributed by atoms with Crippen LogP contribution >= 0.6 is 0 Å². The number of carbonyl (C=O) groups is 3. The van der Waals surface area contributed by atoms with Gasteiger partial charge in [0.25, 0.3) is 11.8 Å². The monoisotopic (exact) mass is 265 g/mol. The third-order valence-corrected chi connectivity index (χ3v) is 3.10. The molecule has 0 aliphatic carbocycles. The van der Waals surface area contributed by atoms with Gasteiger partial charge in [0.1, 0.15) is 17.8 Å². The molecule has 0 saturated carbocycles. The van der Waals surface area contributed by atoms with Gasteiger partial charge in [0.2, 0.25) is 5.91 Å². The average Bonchev–Trinajstić information content (AvgIpc) is 2.82. The first-order valence-corrected chi connectivity index (χ1v) is 5.81. The fraction of sp³-hybridized carbons (Fsp3) is 0.417. The number of hydrogen-bond acceptors (Lipinski definition) is 5. The molecule has 1 aromatic rings. The molecule has 7 nitrogen and oxygen atoms in total. The van der Waals surface area contributed by atoms with E-state index in [4.69, 9.17) is 10.2 Å². The van der Waals surface area contributed by atoms with Gasteiger partial charge >= 0.3 is 0 Å². The number of nitrogens with zero attached hydrogens (tertiary/aromatic N) is 1. The summed E-state index contributed by atoms with van der Waals surface area (Å²) < 4.78 is 5.25. The first kappa shape index (κ1) is 13.3. The van der Waals surface area contributed by atoms with E-state index in [2.05, 4.69) is 5.32 Å². The number of amides is 3. The first-order chi connectivity index (χ1) is 8.86. The van der Waals surface area contributed by atoms with E-state index < -0.39 is 23.3 Å². The highest BCUT2D eigenvalue weighted by atomic mass is 16.4. The van der Waals surface area contributed by atoms with E-state index in [1.807, 2.05) is 0 Å². The molecule has 1 aromatic heterocycles. The van der Waals surface area contributed by atoms with Gasteiger partial charge in [-0.15, -0.1) is 0 Å². The van der Waals surface area contributed by atoms with Gasteiger partial charge in [-0.3, -0.25) is 19.7 Å². The number of carbonyl (C=O) groups excluding carboxylic acids is 3. The second-order valence-corrected chi connectivity index (χ2v) is 4.80. The van der Waals surface area contributed by atoms with E-state index in [-0.39, 0.29) is 18.8 Å². The molecule has 2 rings (SSSR count). The van der Waals surface area contributed by atoms with Crippen molar-refractivity contribution in [2.24, 2.45) is 5.73 Å². The summed E-state index contributed by atoms with van der Waals surface area (Å²) in [6, 6.07) is 3.07. The Hall–Kier alpha value is -2.15. The molecule has 0 spiro atoms. The van der Waals surface area contributed by atoms with Crippen molar-refractivity contribution in [3.63, 3.8) is 0 Å². The highest BCUT2D eigenvalue weighted by molar-refractivity contribution is 6.08. The molecule has 3 N–H and O–H groups in total. The molecule has 7 heteroatoms. The fourth-order valence-corrected chi connectivity index (χ4v) is 1.84. The van der Waals surface area contributed by atoms with Gasteiger partial charge in [-0.2, -0.15) is 0 Å². The summed E-state index contributed by atoms with van der Waals surface area (Å²) in [6.07, 6.45) is 0. The Labute approximate surface area is 109 Å². The lowest BCUT2D eigenvalue weighted by molar-refractivity contribution is -0.143. The summed E-state index contributed by atoms with van der Waals surface area (Å²) >= 11 is 0. The summed E-state index contributed by atoms with van der Waals surface area (Å²) in [4.78, 5) is 36.6. The Balaban J connectivity index is 2.30. The number of nitrogens with two attached hydrogens (primary N) is 1. The van der Waals surface area contributed by atoms with Crippen molar-refractivity contribution in [3.8, 4) is 0 Å². The molecule has 1 aliphatic rings. The van der Waals surface area contributed by atoms with E-state index in [1.54, 1.807) is 19.9 Å². The van der Waals surface area contributed by atoms with Gasteiger partial charge in [0, 0.05) is 0 Å². The normalized spacial score (nSPS) is 18.4. The number of hydrogen-bond donors (Lipinski definition) is 2. The average molecular weight is 265 g/mol. The maximum atomic E-state index is 12.3. The van der Waals surface area contributed by atoms with E-state index in [1.165, 1.54) is 11.0 Å². The first-order valence-electron chi connectivity index (χ1n) is 5.81. The summed E-state index contributed by atoms with van der Waals surface area (Å²) in [7, 11) is 0. The SMILES string of the molecule is CC1(C)C(=O)NC(=O)CN1C(=O)c1ccc(CN)o1. The second-order valence-electron chi connectivity index (χ2n) is 4.80. The van der Waals surface area contributed by atoms with Crippen LogP contribution in [0.2, 0.25) is 0 Å². The van der Waals surface area contributed by atoms with Crippen molar-refractivity contribution in [2.75, 3.05) is 6.54 Å². The highest BCUT2D eigenvalue weighted by Gasteiger charge is 2.44. The number of piperazine rings is 1. The maximum absolute atomic E-state index is 12.3. The Morgan fingerprint density at radius 2 is 2.16 bits per heavy atom. The highest BCUT2D eigenvalue weighted by Crippen LogP contribution is 2.22. The van der Waals surface area contributed by atoms with Crippen molar-refractivity contribution in [2.45, 2.75) is 25.9 Å². The summed E-state index contributed by atoms with van der Waals surface area (Å²) in [5, 5.41) is 2.20. The van der Waals surface area contributed by atoms with Crippen LogP contribution in [0.4, 0.5) is 0 Å². The lowest BCUT2D eigenvalue weighted by Gasteiger charge is -2.39. The third-order valence-electron chi connectivity index (χ3n) is 3.10. The topological polar surface area (TPSA) is 106 Å². The number of furan rings is 1. The second kappa shape index (κ2) is 4.51. The van der Waals surface area contributed by atoms with E-state index in [9.17, 15) is 14.4 Å². The standard InChI is InChI=1S/C12H15N3O4/c1-12(2)11(18)14-9(16)6-15(12)10(17)8-4-3-7(5-13)19-8/h3-4H,5-6,13H2,1-2H3,(H,14,16,18). The summed E-state index contributed by atoms with van der Waals surface area (Å²) in [6.45, 7) is 3.13. The molecule has 1 saturated heterocycles. The number of imide groups is 1. The molecule has 2 heterocycles. The molecule has 1 fully saturated rings. The molecule has 0 aromatic carbocycles. The van der Waals surface area contributed by atoms with Crippen molar-refractivity contribution < 1.29 is 18.8 Å². The molecule has 1 aliphatic heterocycles. The molecule has 102 valence electrons.